The van der Waals surface area contributed by atoms with E-state index in [1.54, 1.807) is 11.0 Å². The molecule has 4 nitrogen and oxygen atoms in total. The Bertz CT molecular complexity index is 181. The number of hydrogen-bond donors (Lipinski definition) is 1. The van der Waals surface area contributed by atoms with E-state index < -0.39 is 0 Å². The van der Waals surface area contributed by atoms with E-state index in [4.69, 9.17) is 0 Å². The zero-order valence-corrected chi connectivity index (χ0v) is 5.63. The summed E-state index contributed by atoms with van der Waals surface area (Å²) in [5.74, 6) is 0. The van der Waals surface area contributed by atoms with Gasteiger partial charge in [0.1, 0.15) is 6.67 Å². The van der Waals surface area contributed by atoms with Gasteiger partial charge in [0.2, 0.25) is 0 Å². The van der Waals surface area contributed by atoms with Crippen LogP contribution >= 0.6 is 0 Å². The summed E-state index contributed by atoms with van der Waals surface area (Å²) in [5.41, 5.74) is 0.949. The lowest BCUT2D eigenvalue weighted by Gasteiger charge is -1.93. The van der Waals surface area contributed by atoms with Gasteiger partial charge in [0, 0.05) is 0 Å². The van der Waals surface area contributed by atoms with Gasteiger partial charge >= 0.3 is 0 Å². The topological polar surface area (TPSA) is 42.7 Å². The van der Waals surface area contributed by atoms with Gasteiger partial charge in [0.05, 0.1) is 11.9 Å². The van der Waals surface area contributed by atoms with Crippen LogP contribution in [0.5, 0.6) is 0 Å². The minimum atomic E-state index is 0.674. The summed E-state index contributed by atoms with van der Waals surface area (Å²) in [6, 6.07) is 0. The minimum absolute atomic E-state index is 0.674. The smallest absolute Gasteiger partial charge is 0.110 e. The molecule has 0 amide bonds. The first-order valence-electron chi connectivity index (χ1n) is 2.84. The van der Waals surface area contributed by atoms with Crippen molar-refractivity contribution in [2.45, 2.75) is 13.6 Å². The molecule has 9 heavy (non-hydrogen) atoms. The Labute approximate surface area is 53.9 Å². The van der Waals surface area contributed by atoms with Crippen molar-refractivity contribution >= 4 is 0 Å². The molecule has 0 aliphatic rings. The van der Waals surface area contributed by atoms with Crippen molar-refractivity contribution in [1.82, 2.24) is 20.3 Å². The lowest BCUT2D eigenvalue weighted by atomic mass is 10.6. The van der Waals surface area contributed by atoms with E-state index in [0.29, 0.717) is 6.67 Å². The molecule has 0 bridgehead atoms. The largest absolute Gasteiger partial charge is 0.300 e. The molecule has 1 rings (SSSR count). The van der Waals surface area contributed by atoms with Crippen molar-refractivity contribution in [2.24, 2.45) is 0 Å². The predicted molar refractivity (Wildman–Crippen MR) is 33.8 cm³/mol. The molecule has 1 N–H and O–H groups in total. The predicted octanol–water partition coefficient (Wildman–Crippen LogP) is -0.237. The van der Waals surface area contributed by atoms with Gasteiger partial charge in [-0.3, -0.25) is 5.32 Å². The quantitative estimate of drug-likeness (QED) is 0.595. The molecular weight excluding hydrogens is 116 g/mol. The van der Waals surface area contributed by atoms with Crippen molar-refractivity contribution in [1.29, 1.82) is 0 Å². The molecule has 0 saturated heterocycles. The molecule has 0 radical (unpaired) electrons. The molecule has 1 aromatic rings. The Balaban J connectivity index is 2.61. The van der Waals surface area contributed by atoms with Crippen molar-refractivity contribution in [3.8, 4) is 0 Å². The second-order valence-electron chi connectivity index (χ2n) is 1.87. The fraction of sp³-hybridized carbons (Fsp3) is 0.600. The van der Waals surface area contributed by atoms with Crippen LogP contribution in [-0.2, 0) is 6.67 Å². The first-order valence-corrected chi connectivity index (χ1v) is 2.84. The van der Waals surface area contributed by atoms with Crippen molar-refractivity contribution in [3.05, 3.63) is 11.9 Å². The standard InChI is InChI=1S/C5H10N4/c1-5-3-7-9(8-5)4-6-2/h3,6H,4H2,1-2H3. The second-order valence-corrected chi connectivity index (χ2v) is 1.87. The number of aromatic nitrogens is 3. The van der Waals surface area contributed by atoms with Crippen LogP contribution in [0, 0.1) is 6.92 Å². The van der Waals surface area contributed by atoms with Crippen LogP contribution in [0.25, 0.3) is 0 Å². The summed E-state index contributed by atoms with van der Waals surface area (Å²) >= 11 is 0. The summed E-state index contributed by atoms with van der Waals surface area (Å²) in [6.07, 6.45) is 1.73. The summed E-state index contributed by atoms with van der Waals surface area (Å²) < 4.78 is 0. The van der Waals surface area contributed by atoms with E-state index in [2.05, 4.69) is 15.5 Å². The van der Waals surface area contributed by atoms with Gasteiger partial charge in [-0.15, -0.1) is 0 Å². The molecule has 0 aliphatic carbocycles. The maximum Gasteiger partial charge on any atom is 0.110 e. The second kappa shape index (κ2) is 2.59. The summed E-state index contributed by atoms with van der Waals surface area (Å²) in [7, 11) is 1.86. The van der Waals surface area contributed by atoms with Gasteiger partial charge in [-0.1, -0.05) is 0 Å². The van der Waals surface area contributed by atoms with Crippen LogP contribution < -0.4 is 5.32 Å². The lowest BCUT2D eigenvalue weighted by molar-refractivity contribution is 0.490. The van der Waals surface area contributed by atoms with E-state index in [0.717, 1.165) is 5.69 Å². The van der Waals surface area contributed by atoms with Gasteiger partial charge in [0.15, 0.2) is 0 Å². The molecule has 0 aromatic carbocycles. The first-order chi connectivity index (χ1) is 4.33. The molecule has 50 valence electrons. The van der Waals surface area contributed by atoms with Crippen LogP contribution in [0.2, 0.25) is 0 Å². The normalized spacial score (nSPS) is 10.0. The Morgan fingerprint density at radius 3 is 3.00 bits per heavy atom. The number of hydrogen-bond acceptors (Lipinski definition) is 3. The monoisotopic (exact) mass is 126 g/mol. The van der Waals surface area contributed by atoms with Crippen LogP contribution in [-0.4, -0.2) is 22.0 Å². The molecule has 1 aromatic heterocycles. The molecule has 0 atom stereocenters. The SMILES string of the molecule is CNCn1ncc(C)n1. The fourth-order valence-corrected chi connectivity index (χ4v) is 0.602. The molecule has 0 spiro atoms. The van der Waals surface area contributed by atoms with Crippen molar-refractivity contribution < 1.29 is 0 Å². The molecule has 0 unspecified atom stereocenters. The average molecular weight is 126 g/mol. The minimum Gasteiger partial charge on any atom is -0.300 e. The Hall–Kier alpha value is -0.900. The van der Waals surface area contributed by atoms with E-state index in [9.17, 15) is 0 Å². The summed E-state index contributed by atoms with van der Waals surface area (Å²) in [5, 5.41) is 10.9. The first kappa shape index (κ1) is 6.22. The third kappa shape index (κ3) is 1.50. The Morgan fingerprint density at radius 2 is 2.56 bits per heavy atom. The zero-order valence-electron chi connectivity index (χ0n) is 5.63. The van der Waals surface area contributed by atoms with Crippen LogP contribution in [0.4, 0.5) is 0 Å². The summed E-state index contributed by atoms with van der Waals surface area (Å²) in [6.45, 7) is 2.59. The van der Waals surface area contributed by atoms with E-state index in [-0.39, 0.29) is 0 Å². The maximum absolute atomic E-state index is 4.04. The lowest BCUT2D eigenvalue weighted by Crippen LogP contribution is -2.15. The zero-order chi connectivity index (χ0) is 6.69. The molecule has 0 aliphatic heterocycles. The number of rotatable bonds is 2. The van der Waals surface area contributed by atoms with E-state index >= 15 is 0 Å². The highest BCUT2D eigenvalue weighted by Gasteiger charge is 1.90. The van der Waals surface area contributed by atoms with E-state index in [1.807, 2.05) is 14.0 Å². The van der Waals surface area contributed by atoms with Crippen molar-refractivity contribution in [2.75, 3.05) is 7.05 Å². The van der Waals surface area contributed by atoms with Gasteiger partial charge in [0.25, 0.3) is 0 Å². The molecule has 1 heterocycles. The van der Waals surface area contributed by atoms with Crippen LogP contribution in [0.15, 0.2) is 6.20 Å². The van der Waals surface area contributed by atoms with E-state index in [1.165, 1.54) is 0 Å². The number of nitrogens with zero attached hydrogens (tertiary/aromatic N) is 3. The molecule has 0 fully saturated rings. The highest BCUT2D eigenvalue weighted by molar-refractivity contribution is 4.84. The van der Waals surface area contributed by atoms with Crippen LogP contribution in [0.1, 0.15) is 5.69 Å². The summed E-state index contributed by atoms with van der Waals surface area (Å²) in [4.78, 5) is 1.61. The molecular formula is C5H10N4. The van der Waals surface area contributed by atoms with Gasteiger partial charge in [-0.05, 0) is 14.0 Å². The highest BCUT2D eigenvalue weighted by Crippen LogP contribution is 1.84. The molecule has 4 heteroatoms. The van der Waals surface area contributed by atoms with Gasteiger partial charge in [-0.25, -0.2) is 0 Å². The third-order valence-electron chi connectivity index (χ3n) is 0.951. The molecule has 0 saturated carbocycles. The Kier molecular flexibility index (Phi) is 1.79. The highest BCUT2D eigenvalue weighted by atomic mass is 15.5. The fourth-order valence-electron chi connectivity index (χ4n) is 0.602. The maximum atomic E-state index is 4.04. The van der Waals surface area contributed by atoms with Crippen molar-refractivity contribution in [3.63, 3.8) is 0 Å². The number of aryl methyl sites for hydroxylation is 1. The van der Waals surface area contributed by atoms with Crippen LogP contribution in [0.3, 0.4) is 0 Å². The van der Waals surface area contributed by atoms with Gasteiger partial charge < -0.3 is 0 Å². The number of nitrogens with one attached hydrogen (secondary N) is 1. The van der Waals surface area contributed by atoms with Gasteiger partial charge in [-0.2, -0.15) is 15.0 Å². The third-order valence-corrected chi connectivity index (χ3v) is 0.951. The Morgan fingerprint density at radius 1 is 1.78 bits per heavy atom. The average Bonchev–Trinajstić information content (AvgIpc) is 2.17.